The van der Waals surface area contributed by atoms with Crippen LogP contribution in [0.4, 0.5) is 13.2 Å². The number of carbonyl (C=O) groups is 1. The van der Waals surface area contributed by atoms with Crippen LogP contribution in [-0.2, 0) is 4.74 Å². The number of aliphatic hydroxyl groups excluding tert-OH is 2. The number of carboxylic acid groups (broad SMARTS) is 1. The Balaban J connectivity index is 1.53. The molecule has 0 amide bonds. The van der Waals surface area contributed by atoms with Crippen molar-refractivity contribution in [2.45, 2.75) is 30.9 Å². The number of carboxylic acids is 1. The minimum atomic E-state index is -1.63. The van der Waals surface area contributed by atoms with Crippen molar-refractivity contribution in [1.29, 1.82) is 0 Å². The van der Waals surface area contributed by atoms with E-state index in [1.54, 1.807) is 0 Å². The maximum absolute atomic E-state index is 13.7. The summed E-state index contributed by atoms with van der Waals surface area (Å²) in [5.74, 6) is -5.85. The number of aromatic carboxylic acids is 1. The van der Waals surface area contributed by atoms with E-state index in [1.807, 2.05) is 0 Å². The van der Waals surface area contributed by atoms with Gasteiger partial charge in [0.15, 0.2) is 29.4 Å². The molecular formula is C23H17Cl2F3N6O5. The molecule has 0 spiro atoms. The number of halogens is 5. The molecule has 16 heteroatoms. The maximum Gasteiger partial charge on any atom is 0.358 e. The van der Waals surface area contributed by atoms with Gasteiger partial charge in [0.1, 0.15) is 23.6 Å². The van der Waals surface area contributed by atoms with Crippen LogP contribution in [0.25, 0.3) is 22.5 Å². The number of hydrogen-bond acceptors (Lipinski definition) is 8. The van der Waals surface area contributed by atoms with Crippen LogP contribution in [0, 0.1) is 17.5 Å². The Hall–Kier alpha value is -3.56. The van der Waals surface area contributed by atoms with Crippen molar-refractivity contribution in [2.75, 3.05) is 6.61 Å². The summed E-state index contributed by atoms with van der Waals surface area (Å²) in [6.07, 6.45) is -2.39. The molecule has 4 aromatic rings. The lowest BCUT2D eigenvalue weighted by atomic mass is 9.98. The highest BCUT2D eigenvalue weighted by Gasteiger charge is 2.41. The first-order chi connectivity index (χ1) is 18.6. The molecule has 4 atom stereocenters. The lowest BCUT2D eigenvalue weighted by Gasteiger charge is -2.38. The topological polar surface area (TPSA) is 148 Å². The zero-order valence-corrected chi connectivity index (χ0v) is 20.9. The second-order valence-corrected chi connectivity index (χ2v) is 9.42. The number of aliphatic hydroxyl groups is 2. The number of benzene rings is 2. The third-order valence-electron chi connectivity index (χ3n) is 6.22. The predicted octanol–water partition coefficient (Wildman–Crippen LogP) is 3.51. The van der Waals surface area contributed by atoms with E-state index in [1.165, 1.54) is 33.8 Å². The lowest BCUT2D eigenvalue weighted by molar-refractivity contribution is -0.183. The van der Waals surface area contributed by atoms with Crippen LogP contribution in [0.5, 0.6) is 0 Å². The fraction of sp³-hybridized carbons (Fsp3) is 0.261. The van der Waals surface area contributed by atoms with Gasteiger partial charge in [-0.15, -0.1) is 10.2 Å². The highest BCUT2D eigenvalue weighted by Crippen LogP contribution is 2.38. The monoisotopic (exact) mass is 584 g/mol. The van der Waals surface area contributed by atoms with Gasteiger partial charge in [-0.25, -0.2) is 27.3 Å². The van der Waals surface area contributed by atoms with Crippen LogP contribution in [-0.4, -0.2) is 70.1 Å². The number of ether oxygens (including phenoxy) is 1. The molecule has 204 valence electrons. The molecule has 1 aliphatic rings. The number of aromatic nitrogens is 6. The summed E-state index contributed by atoms with van der Waals surface area (Å²) in [4.78, 5) is 11.9. The molecule has 5 rings (SSSR count). The van der Waals surface area contributed by atoms with Gasteiger partial charge in [0.05, 0.1) is 28.9 Å². The van der Waals surface area contributed by atoms with Crippen LogP contribution in [0.1, 0.15) is 29.2 Å². The van der Waals surface area contributed by atoms with Crippen molar-refractivity contribution in [3.05, 3.63) is 69.7 Å². The SMILES string of the molecule is O=C(O)c1nnn(C2CC(n3cc(-c4cc(F)c(F)c(F)c4)nn3)C(O)C(CO)O2)c1-c1ccc(Cl)c(Cl)c1. The third-order valence-corrected chi connectivity index (χ3v) is 6.96. The highest BCUT2D eigenvalue weighted by molar-refractivity contribution is 6.42. The molecule has 1 saturated heterocycles. The molecule has 0 aliphatic carbocycles. The van der Waals surface area contributed by atoms with Gasteiger partial charge in [-0.1, -0.05) is 39.7 Å². The van der Waals surface area contributed by atoms with Gasteiger partial charge in [-0.05, 0) is 24.3 Å². The largest absolute Gasteiger partial charge is 0.476 e. The van der Waals surface area contributed by atoms with Gasteiger partial charge in [-0.3, -0.25) is 0 Å². The van der Waals surface area contributed by atoms with E-state index in [4.69, 9.17) is 27.9 Å². The Labute approximate surface area is 227 Å². The van der Waals surface area contributed by atoms with Crippen molar-refractivity contribution in [3.63, 3.8) is 0 Å². The normalized spacial score (nSPS) is 21.3. The van der Waals surface area contributed by atoms with Gasteiger partial charge in [0.25, 0.3) is 0 Å². The number of rotatable bonds is 6. The Morgan fingerprint density at radius 1 is 1.05 bits per heavy atom. The molecule has 39 heavy (non-hydrogen) atoms. The van der Waals surface area contributed by atoms with E-state index < -0.39 is 60.2 Å². The van der Waals surface area contributed by atoms with Crippen LogP contribution in [0.15, 0.2) is 36.5 Å². The van der Waals surface area contributed by atoms with Crippen molar-refractivity contribution in [2.24, 2.45) is 0 Å². The van der Waals surface area contributed by atoms with E-state index in [-0.39, 0.29) is 33.4 Å². The predicted molar refractivity (Wildman–Crippen MR) is 128 cm³/mol. The van der Waals surface area contributed by atoms with Crippen molar-refractivity contribution < 1.29 is 38.0 Å². The summed E-state index contributed by atoms with van der Waals surface area (Å²) < 4.78 is 49.1. The second kappa shape index (κ2) is 10.5. The average Bonchev–Trinajstić information content (AvgIpc) is 3.57. The zero-order valence-electron chi connectivity index (χ0n) is 19.4. The van der Waals surface area contributed by atoms with E-state index in [9.17, 15) is 33.3 Å². The average molecular weight is 585 g/mol. The highest BCUT2D eigenvalue weighted by atomic mass is 35.5. The molecule has 1 fully saturated rings. The molecule has 2 aromatic heterocycles. The van der Waals surface area contributed by atoms with Crippen LogP contribution in [0.3, 0.4) is 0 Å². The van der Waals surface area contributed by atoms with Gasteiger partial charge in [0, 0.05) is 17.5 Å². The molecule has 2 aromatic carbocycles. The van der Waals surface area contributed by atoms with Gasteiger partial charge in [0.2, 0.25) is 0 Å². The Bertz CT molecular complexity index is 1540. The summed E-state index contributed by atoms with van der Waals surface area (Å²) in [5.41, 5.74) is -0.201. The molecule has 4 unspecified atom stereocenters. The first kappa shape index (κ1) is 27.0. The summed E-state index contributed by atoms with van der Waals surface area (Å²) in [6.45, 7) is -0.632. The van der Waals surface area contributed by atoms with E-state index in [0.29, 0.717) is 5.56 Å². The van der Waals surface area contributed by atoms with Crippen LogP contribution < -0.4 is 0 Å². The van der Waals surface area contributed by atoms with Gasteiger partial charge >= 0.3 is 5.97 Å². The Morgan fingerprint density at radius 3 is 2.41 bits per heavy atom. The van der Waals surface area contributed by atoms with Crippen molar-refractivity contribution in [3.8, 4) is 22.5 Å². The maximum atomic E-state index is 13.7. The summed E-state index contributed by atoms with van der Waals surface area (Å²) >= 11 is 12.1. The van der Waals surface area contributed by atoms with E-state index >= 15 is 0 Å². The minimum Gasteiger partial charge on any atom is -0.476 e. The molecule has 1 aliphatic heterocycles. The molecule has 0 saturated carbocycles. The third kappa shape index (κ3) is 4.96. The fourth-order valence-electron chi connectivity index (χ4n) is 4.33. The van der Waals surface area contributed by atoms with Gasteiger partial charge in [-0.2, -0.15) is 0 Å². The minimum absolute atomic E-state index is 0.0194. The van der Waals surface area contributed by atoms with Crippen LogP contribution in [0.2, 0.25) is 10.0 Å². The number of hydrogen-bond donors (Lipinski definition) is 3. The molecule has 11 nitrogen and oxygen atoms in total. The van der Waals surface area contributed by atoms with Crippen LogP contribution >= 0.6 is 23.2 Å². The summed E-state index contributed by atoms with van der Waals surface area (Å²) in [6, 6.07) is 4.97. The Morgan fingerprint density at radius 2 is 1.77 bits per heavy atom. The van der Waals surface area contributed by atoms with Crippen molar-refractivity contribution >= 4 is 29.2 Å². The standard InChI is InChI=1S/C23H17Cl2F3N6O5/c24-11-2-1-9(3-12(11)25)21-20(23(37)38)30-32-34(21)18-6-16(22(36)17(8-35)39-18)33-7-15(29-31-33)10-4-13(26)19(28)14(27)5-10/h1-5,7,16-18,22,35-36H,6,8H2,(H,37,38). The second-order valence-electron chi connectivity index (χ2n) is 8.61. The lowest BCUT2D eigenvalue weighted by Crippen LogP contribution is -2.46. The van der Waals surface area contributed by atoms with E-state index in [2.05, 4.69) is 20.6 Å². The molecular weight excluding hydrogens is 568 g/mol. The van der Waals surface area contributed by atoms with E-state index in [0.717, 1.165) is 12.1 Å². The molecule has 3 N–H and O–H groups in total. The molecule has 0 bridgehead atoms. The summed E-state index contributed by atoms with van der Waals surface area (Å²) in [7, 11) is 0. The first-order valence-electron chi connectivity index (χ1n) is 11.2. The zero-order chi connectivity index (χ0) is 28.0. The molecule has 0 radical (unpaired) electrons. The van der Waals surface area contributed by atoms with Gasteiger partial charge < -0.3 is 20.1 Å². The summed E-state index contributed by atoms with van der Waals surface area (Å²) in [5, 5.41) is 46.4. The fourth-order valence-corrected chi connectivity index (χ4v) is 4.63. The first-order valence-corrected chi connectivity index (χ1v) is 12.0. The Kier molecular flexibility index (Phi) is 7.31. The van der Waals surface area contributed by atoms with Crippen molar-refractivity contribution in [1.82, 2.24) is 30.0 Å². The smallest absolute Gasteiger partial charge is 0.358 e. The number of nitrogens with zero attached hydrogens (tertiary/aromatic N) is 6. The molecule has 3 heterocycles. The quantitative estimate of drug-likeness (QED) is 0.289.